The number of carbonyl (C=O) groups is 1. The first-order valence-electron chi connectivity index (χ1n) is 5.31. The molecule has 0 fully saturated rings. The lowest BCUT2D eigenvalue weighted by Crippen LogP contribution is -1.98. The average Bonchev–Trinajstić information content (AvgIpc) is 2.41. The van der Waals surface area contributed by atoms with Gasteiger partial charge in [-0.3, -0.25) is 0 Å². The van der Waals surface area contributed by atoms with Crippen molar-refractivity contribution in [1.29, 1.82) is 0 Å². The summed E-state index contributed by atoms with van der Waals surface area (Å²) >= 11 is 5.91. The predicted molar refractivity (Wildman–Crippen MR) is 69.3 cm³/mol. The molecule has 2 rings (SSSR count). The van der Waals surface area contributed by atoms with Crippen LogP contribution in [0.3, 0.4) is 0 Å². The summed E-state index contributed by atoms with van der Waals surface area (Å²) in [5, 5.41) is 8.93. The molecular weight excluding hydrogens is 270 g/mol. The minimum absolute atomic E-state index is 0.00277. The minimum atomic E-state index is -1.10. The standard InChI is InChI=1S/C13H10ClNO4/c1-18-9-3-2-4-10(6-9)19-12-11(14)5-8(7-15-12)13(16)17/h2-7H,1H3,(H,16,17). The lowest BCUT2D eigenvalue weighted by atomic mass is 10.3. The Morgan fingerprint density at radius 1 is 1.32 bits per heavy atom. The number of aromatic carboxylic acids is 1. The SMILES string of the molecule is COc1cccc(Oc2ncc(C(=O)O)cc2Cl)c1. The summed E-state index contributed by atoms with van der Waals surface area (Å²) in [6.07, 6.45) is 1.18. The van der Waals surface area contributed by atoms with E-state index in [0.717, 1.165) is 0 Å². The zero-order valence-electron chi connectivity index (χ0n) is 9.96. The van der Waals surface area contributed by atoms with Gasteiger partial charge in [0.2, 0.25) is 5.88 Å². The van der Waals surface area contributed by atoms with Gasteiger partial charge in [-0.25, -0.2) is 9.78 Å². The van der Waals surface area contributed by atoms with Crippen LogP contribution in [0.25, 0.3) is 0 Å². The quantitative estimate of drug-likeness (QED) is 0.930. The fourth-order valence-electron chi connectivity index (χ4n) is 1.39. The molecule has 1 aromatic carbocycles. The van der Waals surface area contributed by atoms with Crippen molar-refractivity contribution < 1.29 is 19.4 Å². The van der Waals surface area contributed by atoms with Gasteiger partial charge in [0.15, 0.2) is 0 Å². The van der Waals surface area contributed by atoms with Crippen molar-refractivity contribution in [3.63, 3.8) is 0 Å². The van der Waals surface area contributed by atoms with Gasteiger partial charge >= 0.3 is 5.97 Å². The van der Waals surface area contributed by atoms with Crippen LogP contribution in [-0.4, -0.2) is 23.2 Å². The maximum absolute atomic E-state index is 10.8. The number of halogens is 1. The minimum Gasteiger partial charge on any atom is -0.497 e. The van der Waals surface area contributed by atoms with Gasteiger partial charge in [0.1, 0.15) is 16.5 Å². The molecule has 0 saturated carbocycles. The van der Waals surface area contributed by atoms with E-state index in [1.54, 1.807) is 31.4 Å². The van der Waals surface area contributed by atoms with E-state index >= 15 is 0 Å². The number of methoxy groups -OCH3 is 1. The number of carboxylic acid groups (broad SMARTS) is 1. The summed E-state index contributed by atoms with van der Waals surface area (Å²) in [5.41, 5.74) is 0.00277. The number of carboxylic acids is 1. The molecule has 0 atom stereocenters. The highest BCUT2D eigenvalue weighted by molar-refractivity contribution is 6.32. The molecule has 0 aliphatic rings. The van der Waals surface area contributed by atoms with Crippen LogP contribution in [0.2, 0.25) is 5.02 Å². The third-order valence-corrected chi connectivity index (χ3v) is 2.58. The van der Waals surface area contributed by atoms with E-state index in [2.05, 4.69) is 4.98 Å². The molecule has 1 heterocycles. The second kappa shape index (κ2) is 5.58. The number of hydrogen-bond donors (Lipinski definition) is 1. The summed E-state index contributed by atoms with van der Waals surface area (Å²) in [6, 6.07) is 8.20. The van der Waals surface area contributed by atoms with Crippen molar-refractivity contribution in [2.75, 3.05) is 7.11 Å². The molecule has 5 nitrogen and oxygen atoms in total. The van der Waals surface area contributed by atoms with Crippen LogP contribution in [0.5, 0.6) is 17.4 Å². The van der Waals surface area contributed by atoms with Gasteiger partial charge in [-0.15, -0.1) is 0 Å². The van der Waals surface area contributed by atoms with Gasteiger partial charge in [0.05, 0.1) is 12.7 Å². The van der Waals surface area contributed by atoms with E-state index in [-0.39, 0.29) is 16.5 Å². The molecule has 6 heteroatoms. The topological polar surface area (TPSA) is 68.7 Å². The van der Waals surface area contributed by atoms with Crippen LogP contribution in [0.15, 0.2) is 36.5 Å². The third-order valence-electron chi connectivity index (χ3n) is 2.31. The number of rotatable bonds is 4. The maximum Gasteiger partial charge on any atom is 0.337 e. The Kier molecular flexibility index (Phi) is 3.87. The van der Waals surface area contributed by atoms with E-state index < -0.39 is 5.97 Å². The first-order chi connectivity index (χ1) is 9.10. The maximum atomic E-state index is 10.8. The summed E-state index contributed by atoms with van der Waals surface area (Å²) in [4.78, 5) is 14.6. The number of hydrogen-bond acceptors (Lipinski definition) is 4. The normalized spacial score (nSPS) is 10.0. The lowest BCUT2D eigenvalue weighted by Gasteiger charge is -2.08. The largest absolute Gasteiger partial charge is 0.497 e. The smallest absolute Gasteiger partial charge is 0.337 e. The summed E-state index contributed by atoms with van der Waals surface area (Å²) in [6.45, 7) is 0. The average molecular weight is 280 g/mol. The molecule has 19 heavy (non-hydrogen) atoms. The number of pyridine rings is 1. The van der Waals surface area contributed by atoms with Gasteiger partial charge in [-0.1, -0.05) is 17.7 Å². The van der Waals surface area contributed by atoms with Crippen LogP contribution >= 0.6 is 11.6 Å². The predicted octanol–water partition coefficient (Wildman–Crippen LogP) is 3.23. The first kappa shape index (κ1) is 13.2. The van der Waals surface area contributed by atoms with E-state index in [9.17, 15) is 4.79 Å². The summed E-state index contributed by atoms with van der Waals surface area (Å²) in [5.74, 6) is 0.176. The number of ether oxygens (including phenoxy) is 2. The molecule has 0 radical (unpaired) electrons. The fourth-order valence-corrected chi connectivity index (χ4v) is 1.60. The zero-order chi connectivity index (χ0) is 13.8. The second-order valence-electron chi connectivity index (χ2n) is 3.60. The van der Waals surface area contributed by atoms with Crippen molar-refractivity contribution >= 4 is 17.6 Å². The summed E-state index contributed by atoms with van der Waals surface area (Å²) < 4.78 is 10.5. The van der Waals surface area contributed by atoms with Gasteiger partial charge in [0.25, 0.3) is 0 Å². The van der Waals surface area contributed by atoms with E-state index in [1.165, 1.54) is 12.3 Å². The Morgan fingerprint density at radius 2 is 2.05 bits per heavy atom. The Balaban J connectivity index is 2.25. The Bertz CT molecular complexity index is 615. The first-order valence-corrected chi connectivity index (χ1v) is 5.68. The second-order valence-corrected chi connectivity index (χ2v) is 4.00. The number of aromatic nitrogens is 1. The molecule has 0 saturated heterocycles. The fraction of sp³-hybridized carbons (Fsp3) is 0.0769. The molecule has 0 amide bonds. The van der Waals surface area contributed by atoms with Crippen molar-refractivity contribution in [3.8, 4) is 17.4 Å². The van der Waals surface area contributed by atoms with Crippen LogP contribution in [0.4, 0.5) is 0 Å². The van der Waals surface area contributed by atoms with Crippen LogP contribution < -0.4 is 9.47 Å². The van der Waals surface area contributed by atoms with Gasteiger partial charge in [-0.2, -0.15) is 0 Å². The zero-order valence-corrected chi connectivity index (χ0v) is 10.7. The van der Waals surface area contributed by atoms with Crippen molar-refractivity contribution in [2.45, 2.75) is 0 Å². The molecule has 0 unspecified atom stereocenters. The Hall–Kier alpha value is -2.27. The van der Waals surface area contributed by atoms with Gasteiger partial charge < -0.3 is 14.6 Å². The number of benzene rings is 1. The molecule has 1 aromatic heterocycles. The molecule has 0 aliphatic carbocycles. The van der Waals surface area contributed by atoms with Crippen LogP contribution in [-0.2, 0) is 0 Å². The monoisotopic (exact) mass is 279 g/mol. The summed E-state index contributed by atoms with van der Waals surface area (Å²) in [7, 11) is 1.55. The van der Waals surface area contributed by atoms with Gasteiger partial charge in [-0.05, 0) is 18.2 Å². The van der Waals surface area contributed by atoms with E-state index in [4.69, 9.17) is 26.2 Å². The van der Waals surface area contributed by atoms with E-state index in [1.807, 2.05) is 0 Å². The van der Waals surface area contributed by atoms with Crippen LogP contribution in [0, 0.1) is 0 Å². The lowest BCUT2D eigenvalue weighted by molar-refractivity contribution is 0.0696. The molecule has 0 spiro atoms. The highest BCUT2D eigenvalue weighted by Crippen LogP contribution is 2.29. The molecule has 2 aromatic rings. The highest BCUT2D eigenvalue weighted by Gasteiger charge is 2.10. The molecule has 0 aliphatic heterocycles. The molecular formula is C13H10ClNO4. The highest BCUT2D eigenvalue weighted by atomic mass is 35.5. The van der Waals surface area contributed by atoms with Crippen molar-refractivity contribution in [2.24, 2.45) is 0 Å². The Labute approximate surface area is 114 Å². The molecule has 1 N–H and O–H groups in total. The van der Waals surface area contributed by atoms with Crippen molar-refractivity contribution in [3.05, 3.63) is 47.1 Å². The van der Waals surface area contributed by atoms with E-state index in [0.29, 0.717) is 11.5 Å². The molecule has 98 valence electrons. The molecule has 0 bridgehead atoms. The number of nitrogens with zero attached hydrogens (tertiary/aromatic N) is 1. The van der Waals surface area contributed by atoms with Gasteiger partial charge in [0, 0.05) is 12.3 Å². The van der Waals surface area contributed by atoms with Crippen molar-refractivity contribution in [1.82, 2.24) is 4.98 Å². The Morgan fingerprint density at radius 3 is 2.68 bits per heavy atom. The van der Waals surface area contributed by atoms with Crippen LogP contribution in [0.1, 0.15) is 10.4 Å². The third kappa shape index (κ3) is 3.14.